The number of hydrogen-bond acceptors (Lipinski definition) is 4. The van der Waals surface area contributed by atoms with Gasteiger partial charge in [-0.2, -0.15) is 0 Å². The number of hydrogen-bond donors (Lipinski definition) is 0. The van der Waals surface area contributed by atoms with E-state index in [4.69, 9.17) is 9.47 Å². The summed E-state index contributed by atoms with van der Waals surface area (Å²) in [5.41, 5.74) is 0.728. The van der Waals surface area contributed by atoms with Crippen molar-refractivity contribution >= 4 is 0 Å². The van der Waals surface area contributed by atoms with Crippen molar-refractivity contribution < 1.29 is 9.47 Å². The minimum atomic E-state index is -0.257. The van der Waals surface area contributed by atoms with Crippen LogP contribution >= 0.6 is 0 Å². The summed E-state index contributed by atoms with van der Waals surface area (Å²) in [6.45, 7) is 9.28. The average molecular weight is 254 g/mol. The third-order valence-corrected chi connectivity index (χ3v) is 2.62. The van der Waals surface area contributed by atoms with E-state index in [9.17, 15) is 4.79 Å². The molecule has 0 aliphatic heterocycles. The largest absolute Gasteiger partial charge is 0.353 e. The van der Waals surface area contributed by atoms with Crippen LogP contribution in [0.1, 0.15) is 31.8 Å². The van der Waals surface area contributed by atoms with Gasteiger partial charge in [-0.15, -0.1) is 0 Å². The summed E-state index contributed by atoms with van der Waals surface area (Å²) >= 11 is 0. The minimum Gasteiger partial charge on any atom is -0.353 e. The maximum absolute atomic E-state index is 11.8. The van der Waals surface area contributed by atoms with E-state index in [2.05, 4.69) is 4.98 Å². The van der Waals surface area contributed by atoms with Crippen LogP contribution in [0.25, 0.3) is 0 Å². The van der Waals surface area contributed by atoms with E-state index < -0.39 is 0 Å². The number of nitrogens with zero attached hydrogens (tertiary/aromatic N) is 2. The Morgan fingerprint density at radius 3 is 2.39 bits per heavy atom. The molecule has 0 saturated carbocycles. The van der Waals surface area contributed by atoms with E-state index in [-0.39, 0.29) is 11.8 Å². The molecule has 5 heteroatoms. The number of ether oxygens (including phenoxy) is 2. The SMILES string of the molecule is CCOC(CCn1c(C)nc(C)cc1=O)OCC. The Labute approximate surface area is 108 Å². The first-order valence-electron chi connectivity index (χ1n) is 6.36. The molecule has 18 heavy (non-hydrogen) atoms. The summed E-state index contributed by atoms with van der Waals surface area (Å²) in [5, 5.41) is 0. The predicted octanol–water partition coefficient (Wildman–Crippen LogP) is 1.65. The minimum absolute atomic E-state index is 0.0215. The molecule has 0 aliphatic rings. The van der Waals surface area contributed by atoms with Crippen molar-refractivity contribution in [3.8, 4) is 0 Å². The third-order valence-electron chi connectivity index (χ3n) is 2.62. The zero-order chi connectivity index (χ0) is 13.5. The van der Waals surface area contributed by atoms with Crippen LogP contribution < -0.4 is 5.56 Å². The second-order valence-corrected chi connectivity index (χ2v) is 4.06. The highest BCUT2D eigenvalue weighted by molar-refractivity contribution is 5.01. The molecule has 0 unspecified atom stereocenters. The summed E-state index contributed by atoms with van der Waals surface area (Å²) < 4.78 is 12.5. The van der Waals surface area contributed by atoms with Crippen LogP contribution in [0.4, 0.5) is 0 Å². The van der Waals surface area contributed by atoms with Crippen molar-refractivity contribution in [2.75, 3.05) is 13.2 Å². The Kier molecular flexibility index (Phi) is 6.01. The van der Waals surface area contributed by atoms with Gasteiger partial charge in [0.1, 0.15) is 5.82 Å². The van der Waals surface area contributed by atoms with E-state index >= 15 is 0 Å². The fraction of sp³-hybridized carbons (Fsp3) is 0.692. The Balaban J connectivity index is 2.70. The highest BCUT2D eigenvalue weighted by Crippen LogP contribution is 2.04. The van der Waals surface area contributed by atoms with Crippen molar-refractivity contribution in [2.45, 2.75) is 47.0 Å². The lowest BCUT2D eigenvalue weighted by molar-refractivity contribution is -0.141. The first-order valence-corrected chi connectivity index (χ1v) is 6.36. The van der Waals surface area contributed by atoms with Crippen molar-refractivity contribution in [2.24, 2.45) is 0 Å². The van der Waals surface area contributed by atoms with Gasteiger partial charge in [-0.1, -0.05) is 0 Å². The normalized spacial score (nSPS) is 11.2. The van der Waals surface area contributed by atoms with Gasteiger partial charge in [-0.25, -0.2) is 4.98 Å². The molecule has 1 rings (SSSR count). The molecule has 0 bridgehead atoms. The molecular formula is C13H22N2O3. The van der Waals surface area contributed by atoms with Gasteiger partial charge in [-0.05, 0) is 27.7 Å². The van der Waals surface area contributed by atoms with Crippen LogP contribution in [-0.4, -0.2) is 29.1 Å². The smallest absolute Gasteiger partial charge is 0.253 e. The van der Waals surface area contributed by atoms with E-state index in [1.807, 2.05) is 27.7 Å². The summed E-state index contributed by atoms with van der Waals surface area (Å²) in [5.74, 6) is 0.728. The van der Waals surface area contributed by atoms with E-state index in [1.54, 1.807) is 10.6 Å². The molecule has 5 nitrogen and oxygen atoms in total. The number of aryl methyl sites for hydroxylation is 2. The molecule has 0 N–H and O–H groups in total. The average Bonchev–Trinajstić information content (AvgIpc) is 2.28. The first-order chi connectivity index (χ1) is 8.58. The summed E-state index contributed by atoms with van der Waals surface area (Å²) in [6, 6.07) is 1.55. The van der Waals surface area contributed by atoms with Crippen LogP contribution in [0.5, 0.6) is 0 Å². The Bertz CT molecular complexity index is 423. The van der Waals surface area contributed by atoms with E-state index in [0.717, 1.165) is 11.5 Å². The number of aromatic nitrogens is 2. The van der Waals surface area contributed by atoms with Gasteiger partial charge in [0.2, 0.25) is 0 Å². The first kappa shape index (κ1) is 14.9. The maximum atomic E-state index is 11.8. The summed E-state index contributed by atoms with van der Waals surface area (Å²) in [4.78, 5) is 16.1. The lowest BCUT2D eigenvalue weighted by Gasteiger charge is -2.18. The molecule has 0 saturated heterocycles. The predicted molar refractivity (Wildman–Crippen MR) is 69.6 cm³/mol. The molecule has 102 valence electrons. The molecule has 0 amide bonds. The molecule has 1 aromatic heterocycles. The highest BCUT2D eigenvalue weighted by Gasteiger charge is 2.10. The molecule has 0 radical (unpaired) electrons. The molecule has 0 spiro atoms. The quantitative estimate of drug-likeness (QED) is 0.694. The van der Waals surface area contributed by atoms with Gasteiger partial charge in [0.05, 0.1) is 0 Å². The molecule has 0 aromatic carbocycles. The third kappa shape index (κ3) is 4.23. The van der Waals surface area contributed by atoms with Gasteiger partial charge in [0, 0.05) is 37.9 Å². The standard InChI is InChI=1S/C13H22N2O3/c1-5-17-13(18-6-2)7-8-15-11(4)14-10(3)9-12(15)16/h9,13H,5-8H2,1-4H3. The lowest BCUT2D eigenvalue weighted by Crippen LogP contribution is -2.27. The topological polar surface area (TPSA) is 53.4 Å². The van der Waals surface area contributed by atoms with Crippen LogP contribution in [0.2, 0.25) is 0 Å². The van der Waals surface area contributed by atoms with Crippen LogP contribution in [0.3, 0.4) is 0 Å². The number of rotatable bonds is 7. The fourth-order valence-corrected chi connectivity index (χ4v) is 1.86. The molecule has 0 fully saturated rings. The molecule has 0 aliphatic carbocycles. The van der Waals surface area contributed by atoms with Crippen LogP contribution in [0.15, 0.2) is 10.9 Å². The Hall–Kier alpha value is -1.20. The highest BCUT2D eigenvalue weighted by atomic mass is 16.7. The molecule has 1 aromatic rings. The fourth-order valence-electron chi connectivity index (χ4n) is 1.86. The second-order valence-electron chi connectivity index (χ2n) is 4.06. The van der Waals surface area contributed by atoms with Gasteiger partial charge in [0.25, 0.3) is 5.56 Å². The second kappa shape index (κ2) is 7.28. The summed E-state index contributed by atoms with van der Waals surface area (Å²) in [7, 11) is 0. The van der Waals surface area contributed by atoms with Crippen molar-refractivity contribution in [1.29, 1.82) is 0 Å². The maximum Gasteiger partial charge on any atom is 0.253 e. The van der Waals surface area contributed by atoms with E-state index in [1.165, 1.54) is 0 Å². The van der Waals surface area contributed by atoms with Gasteiger partial charge in [-0.3, -0.25) is 9.36 Å². The zero-order valence-electron chi connectivity index (χ0n) is 11.6. The monoisotopic (exact) mass is 254 g/mol. The molecular weight excluding hydrogens is 232 g/mol. The molecule has 1 heterocycles. The van der Waals surface area contributed by atoms with Gasteiger partial charge < -0.3 is 9.47 Å². The van der Waals surface area contributed by atoms with Crippen molar-refractivity contribution in [3.63, 3.8) is 0 Å². The van der Waals surface area contributed by atoms with E-state index in [0.29, 0.717) is 26.2 Å². The Morgan fingerprint density at radius 2 is 1.89 bits per heavy atom. The summed E-state index contributed by atoms with van der Waals surface area (Å²) in [6.07, 6.45) is 0.389. The zero-order valence-corrected chi connectivity index (χ0v) is 11.6. The molecule has 0 atom stereocenters. The van der Waals surface area contributed by atoms with Crippen molar-refractivity contribution in [3.05, 3.63) is 27.9 Å². The van der Waals surface area contributed by atoms with Crippen LogP contribution in [0, 0.1) is 13.8 Å². The van der Waals surface area contributed by atoms with Crippen molar-refractivity contribution in [1.82, 2.24) is 9.55 Å². The van der Waals surface area contributed by atoms with Gasteiger partial charge in [0.15, 0.2) is 6.29 Å². The lowest BCUT2D eigenvalue weighted by atomic mass is 10.3. The van der Waals surface area contributed by atoms with Crippen LogP contribution in [-0.2, 0) is 16.0 Å². The van der Waals surface area contributed by atoms with Gasteiger partial charge >= 0.3 is 0 Å². The Morgan fingerprint density at radius 1 is 1.28 bits per heavy atom.